The maximum atomic E-state index is 11.9. The van der Waals surface area contributed by atoms with Crippen LogP contribution < -0.4 is 10.6 Å². The van der Waals surface area contributed by atoms with Crippen LogP contribution in [0.4, 0.5) is 4.79 Å². The van der Waals surface area contributed by atoms with Gasteiger partial charge < -0.3 is 20.3 Å². The van der Waals surface area contributed by atoms with Gasteiger partial charge in [0.1, 0.15) is 5.60 Å². The topological polar surface area (TPSA) is 69.2 Å². The van der Waals surface area contributed by atoms with Crippen molar-refractivity contribution in [3.05, 3.63) is 0 Å². The number of ether oxygens (including phenoxy) is 1. The zero-order valence-electron chi connectivity index (χ0n) is 17.1. The maximum absolute atomic E-state index is 11.9. The number of hydrogen-bond donors (Lipinski definition) is 2. The number of guanidine groups is 1. The summed E-state index contributed by atoms with van der Waals surface area (Å²) in [5.41, 5.74) is -0.471. The molecule has 1 amide bonds. The number of alkyl carbamates (subject to hydrolysis) is 1. The molecule has 146 valence electrons. The predicted octanol–water partition coefficient (Wildman–Crippen LogP) is 1.89. The van der Waals surface area contributed by atoms with E-state index in [-0.39, 0.29) is 12.1 Å². The van der Waals surface area contributed by atoms with E-state index in [1.165, 1.54) is 0 Å². The third-order valence-electron chi connectivity index (χ3n) is 4.24. The summed E-state index contributed by atoms with van der Waals surface area (Å²) >= 11 is 0. The Morgan fingerprint density at radius 1 is 1.40 bits per heavy atom. The summed E-state index contributed by atoms with van der Waals surface area (Å²) < 4.78 is 5.33. The Kier molecular flexibility index (Phi) is 8.48. The number of nitrogens with zero attached hydrogens (tertiary/aromatic N) is 3. The van der Waals surface area contributed by atoms with Gasteiger partial charge in [-0.05, 0) is 47.6 Å². The summed E-state index contributed by atoms with van der Waals surface area (Å²) in [7, 11) is 1.80. The SMILES string of the molecule is CCN(CCNC(=NC)N1CCC(NC(=O)OC(C)(C)C)C1)C(C)C. The number of aliphatic imine (C=N–C) groups is 1. The van der Waals surface area contributed by atoms with Crippen LogP contribution in [0.5, 0.6) is 0 Å². The van der Waals surface area contributed by atoms with E-state index in [9.17, 15) is 4.79 Å². The first-order valence-electron chi connectivity index (χ1n) is 9.35. The standard InChI is InChI=1S/C18H37N5O2/c1-8-22(14(2)3)12-10-20-16(19-7)23-11-9-15(13-23)21-17(24)25-18(4,5)6/h14-15H,8-13H2,1-7H3,(H,19,20)(H,21,24). The first kappa shape index (κ1) is 21.5. The molecular weight excluding hydrogens is 318 g/mol. The van der Waals surface area contributed by atoms with Gasteiger partial charge in [-0.1, -0.05) is 6.92 Å². The lowest BCUT2D eigenvalue weighted by Gasteiger charge is -2.27. The minimum atomic E-state index is -0.471. The second kappa shape index (κ2) is 9.85. The first-order chi connectivity index (χ1) is 11.7. The highest BCUT2D eigenvalue weighted by atomic mass is 16.6. The van der Waals surface area contributed by atoms with Crippen LogP contribution in [0.1, 0.15) is 48.0 Å². The van der Waals surface area contributed by atoms with Crippen LogP contribution in [0.25, 0.3) is 0 Å². The van der Waals surface area contributed by atoms with E-state index in [2.05, 4.69) is 46.2 Å². The summed E-state index contributed by atoms with van der Waals surface area (Å²) in [5.74, 6) is 0.897. The highest BCUT2D eigenvalue weighted by molar-refractivity contribution is 5.80. The monoisotopic (exact) mass is 355 g/mol. The average molecular weight is 356 g/mol. The predicted molar refractivity (Wildman–Crippen MR) is 103 cm³/mol. The van der Waals surface area contributed by atoms with Gasteiger partial charge in [-0.25, -0.2) is 4.79 Å². The zero-order valence-corrected chi connectivity index (χ0v) is 17.1. The summed E-state index contributed by atoms with van der Waals surface area (Å²) in [6, 6.07) is 0.638. The third kappa shape index (κ3) is 7.94. The van der Waals surface area contributed by atoms with Crippen molar-refractivity contribution < 1.29 is 9.53 Å². The second-order valence-electron chi connectivity index (χ2n) is 7.77. The van der Waals surface area contributed by atoms with Gasteiger partial charge in [-0.15, -0.1) is 0 Å². The van der Waals surface area contributed by atoms with E-state index in [1.807, 2.05) is 20.8 Å². The molecule has 1 saturated heterocycles. The summed E-state index contributed by atoms with van der Waals surface area (Å²) in [6.45, 7) is 16.7. The Morgan fingerprint density at radius 3 is 2.60 bits per heavy atom. The number of amides is 1. The quantitative estimate of drug-likeness (QED) is 0.562. The molecule has 7 nitrogen and oxygen atoms in total. The van der Waals surface area contributed by atoms with Crippen molar-refractivity contribution in [2.75, 3.05) is 39.8 Å². The third-order valence-corrected chi connectivity index (χ3v) is 4.24. The Hall–Kier alpha value is -1.50. The average Bonchev–Trinajstić information content (AvgIpc) is 2.93. The van der Waals surface area contributed by atoms with Crippen molar-refractivity contribution in [1.82, 2.24) is 20.4 Å². The van der Waals surface area contributed by atoms with Crippen LogP contribution >= 0.6 is 0 Å². The molecule has 0 bridgehead atoms. The second-order valence-corrected chi connectivity index (χ2v) is 7.77. The molecule has 0 aromatic heterocycles. The molecule has 1 fully saturated rings. The van der Waals surface area contributed by atoms with Gasteiger partial charge in [0.05, 0.1) is 6.04 Å². The van der Waals surface area contributed by atoms with Crippen molar-refractivity contribution in [3.63, 3.8) is 0 Å². The van der Waals surface area contributed by atoms with Crippen LogP contribution in [-0.2, 0) is 4.74 Å². The van der Waals surface area contributed by atoms with Gasteiger partial charge in [-0.2, -0.15) is 0 Å². The van der Waals surface area contributed by atoms with Crippen LogP contribution in [-0.4, -0.2) is 79.3 Å². The minimum Gasteiger partial charge on any atom is -0.444 e. The number of likely N-dealkylation sites (tertiary alicyclic amines) is 1. The molecule has 0 aliphatic carbocycles. The summed E-state index contributed by atoms with van der Waals surface area (Å²) in [5, 5.41) is 6.38. The van der Waals surface area contributed by atoms with Gasteiger partial charge >= 0.3 is 6.09 Å². The normalized spacial score (nSPS) is 18.8. The summed E-state index contributed by atoms with van der Waals surface area (Å²) in [4.78, 5) is 20.9. The van der Waals surface area contributed by atoms with Crippen molar-refractivity contribution in [2.45, 2.75) is 65.6 Å². The minimum absolute atomic E-state index is 0.0937. The lowest BCUT2D eigenvalue weighted by molar-refractivity contribution is 0.0507. The van der Waals surface area contributed by atoms with Crippen molar-refractivity contribution >= 4 is 12.1 Å². The molecule has 1 unspecified atom stereocenters. The van der Waals surface area contributed by atoms with Gasteiger partial charge in [0, 0.05) is 39.3 Å². The van der Waals surface area contributed by atoms with Crippen LogP contribution in [0.3, 0.4) is 0 Å². The van der Waals surface area contributed by atoms with Crippen LogP contribution in [0.2, 0.25) is 0 Å². The van der Waals surface area contributed by atoms with Crippen molar-refractivity contribution in [3.8, 4) is 0 Å². The lowest BCUT2D eigenvalue weighted by atomic mass is 10.2. The first-order valence-corrected chi connectivity index (χ1v) is 9.35. The number of rotatable bonds is 6. The summed E-state index contributed by atoms with van der Waals surface area (Å²) in [6.07, 6.45) is 0.547. The van der Waals surface area contributed by atoms with Gasteiger partial charge in [-0.3, -0.25) is 9.89 Å². The Labute approximate surface area is 153 Å². The number of likely N-dealkylation sites (N-methyl/N-ethyl adjacent to an activating group) is 1. The maximum Gasteiger partial charge on any atom is 0.407 e. The molecule has 0 aromatic carbocycles. The molecule has 1 atom stereocenters. The molecule has 0 aromatic rings. The molecule has 1 rings (SSSR count). The Morgan fingerprint density at radius 2 is 2.08 bits per heavy atom. The molecular formula is C18H37N5O2. The molecule has 1 heterocycles. The Bertz CT molecular complexity index is 445. The van der Waals surface area contributed by atoms with E-state index in [4.69, 9.17) is 4.74 Å². The van der Waals surface area contributed by atoms with Crippen molar-refractivity contribution in [1.29, 1.82) is 0 Å². The molecule has 0 saturated carbocycles. The van der Waals surface area contributed by atoms with E-state index in [0.717, 1.165) is 45.1 Å². The lowest BCUT2D eigenvalue weighted by Crippen LogP contribution is -2.46. The molecule has 7 heteroatoms. The molecule has 0 spiro atoms. The van der Waals surface area contributed by atoms with Gasteiger partial charge in [0.2, 0.25) is 0 Å². The van der Waals surface area contributed by atoms with E-state index in [0.29, 0.717) is 6.04 Å². The molecule has 25 heavy (non-hydrogen) atoms. The number of carbonyl (C=O) groups excluding carboxylic acids is 1. The van der Waals surface area contributed by atoms with E-state index < -0.39 is 5.60 Å². The van der Waals surface area contributed by atoms with Gasteiger partial charge in [0.25, 0.3) is 0 Å². The van der Waals surface area contributed by atoms with Gasteiger partial charge in [0.15, 0.2) is 5.96 Å². The largest absolute Gasteiger partial charge is 0.444 e. The molecule has 0 radical (unpaired) electrons. The highest BCUT2D eigenvalue weighted by Crippen LogP contribution is 2.12. The zero-order chi connectivity index (χ0) is 19.0. The molecule has 1 aliphatic heterocycles. The molecule has 2 N–H and O–H groups in total. The van der Waals surface area contributed by atoms with Crippen LogP contribution in [0, 0.1) is 0 Å². The van der Waals surface area contributed by atoms with E-state index >= 15 is 0 Å². The smallest absolute Gasteiger partial charge is 0.407 e. The highest BCUT2D eigenvalue weighted by Gasteiger charge is 2.27. The fourth-order valence-electron chi connectivity index (χ4n) is 2.97. The fourth-order valence-corrected chi connectivity index (χ4v) is 2.97. The Balaban J connectivity index is 2.41. The van der Waals surface area contributed by atoms with Crippen molar-refractivity contribution in [2.24, 2.45) is 4.99 Å². The fraction of sp³-hybridized carbons (Fsp3) is 0.889. The number of nitrogens with one attached hydrogen (secondary N) is 2. The van der Waals surface area contributed by atoms with E-state index in [1.54, 1.807) is 7.05 Å². The number of hydrogen-bond acceptors (Lipinski definition) is 4. The molecule has 1 aliphatic rings. The number of carbonyl (C=O) groups is 1. The van der Waals surface area contributed by atoms with Crippen LogP contribution in [0.15, 0.2) is 4.99 Å².